The fraction of sp³-hybridized carbons (Fsp3) is 0.462. The van der Waals surface area contributed by atoms with E-state index in [0.29, 0.717) is 11.0 Å². The van der Waals surface area contributed by atoms with E-state index in [1.807, 2.05) is 13.0 Å². The molecule has 1 aliphatic heterocycles. The van der Waals surface area contributed by atoms with E-state index in [1.165, 1.54) is 19.3 Å². The van der Waals surface area contributed by atoms with Crippen LogP contribution >= 0.6 is 11.6 Å². The van der Waals surface area contributed by atoms with Gasteiger partial charge < -0.3 is 4.90 Å². The smallest absolute Gasteiger partial charge is 0.140 e. The van der Waals surface area contributed by atoms with Crippen LogP contribution in [0.1, 0.15) is 25.1 Å². The standard InChI is InChI=1S/C13H15ClN4/c1-9-16-11-8-15-12(7-10(11)13(14)17-9)18-5-3-2-4-6-18/h7-8H,2-6H2,1H3. The summed E-state index contributed by atoms with van der Waals surface area (Å²) in [5, 5.41) is 1.40. The summed E-state index contributed by atoms with van der Waals surface area (Å²) in [5.74, 6) is 1.66. The minimum Gasteiger partial charge on any atom is -0.357 e. The number of halogens is 1. The third-order valence-corrected chi connectivity index (χ3v) is 3.60. The number of aromatic nitrogens is 3. The Kier molecular flexibility index (Phi) is 3.04. The Balaban J connectivity index is 2.04. The van der Waals surface area contributed by atoms with E-state index < -0.39 is 0 Å². The van der Waals surface area contributed by atoms with Gasteiger partial charge in [-0.1, -0.05) is 11.6 Å². The molecule has 0 bridgehead atoms. The molecule has 5 heteroatoms. The predicted octanol–water partition coefficient (Wildman–Crippen LogP) is 2.98. The van der Waals surface area contributed by atoms with Gasteiger partial charge in [-0.25, -0.2) is 15.0 Å². The first-order chi connectivity index (χ1) is 8.74. The first-order valence-electron chi connectivity index (χ1n) is 6.29. The van der Waals surface area contributed by atoms with Crippen LogP contribution in [0.4, 0.5) is 5.82 Å². The second kappa shape index (κ2) is 4.69. The van der Waals surface area contributed by atoms with Crippen molar-refractivity contribution in [3.63, 3.8) is 0 Å². The van der Waals surface area contributed by atoms with Crippen molar-refractivity contribution < 1.29 is 0 Å². The summed E-state index contributed by atoms with van der Waals surface area (Å²) in [6.45, 7) is 3.98. The zero-order valence-corrected chi connectivity index (χ0v) is 11.1. The molecule has 4 nitrogen and oxygen atoms in total. The molecule has 0 aromatic carbocycles. The van der Waals surface area contributed by atoms with Gasteiger partial charge in [0.1, 0.15) is 16.8 Å². The minimum absolute atomic E-state index is 0.512. The molecule has 2 aromatic heterocycles. The lowest BCUT2D eigenvalue weighted by Gasteiger charge is -2.27. The summed E-state index contributed by atoms with van der Waals surface area (Å²) < 4.78 is 0. The van der Waals surface area contributed by atoms with Gasteiger partial charge in [0.05, 0.1) is 11.7 Å². The number of hydrogen-bond acceptors (Lipinski definition) is 4. The quantitative estimate of drug-likeness (QED) is 0.741. The number of aryl methyl sites for hydroxylation is 1. The first-order valence-corrected chi connectivity index (χ1v) is 6.67. The highest BCUT2D eigenvalue weighted by Gasteiger charge is 2.13. The monoisotopic (exact) mass is 262 g/mol. The molecule has 0 aliphatic carbocycles. The van der Waals surface area contributed by atoms with Crippen LogP contribution < -0.4 is 4.90 Å². The summed E-state index contributed by atoms with van der Waals surface area (Å²) in [6.07, 6.45) is 5.57. The molecule has 0 N–H and O–H groups in total. The maximum absolute atomic E-state index is 6.18. The van der Waals surface area contributed by atoms with Gasteiger partial charge in [0.2, 0.25) is 0 Å². The van der Waals surface area contributed by atoms with E-state index in [9.17, 15) is 0 Å². The number of piperidine rings is 1. The van der Waals surface area contributed by atoms with Crippen molar-refractivity contribution in [1.82, 2.24) is 15.0 Å². The Bertz CT molecular complexity index is 578. The number of rotatable bonds is 1. The van der Waals surface area contributed by atoms with Crippen LogP contribution in [-0.4, -0.2) is 28.0 Å². The average Bonchev–Trinajstić information content (AvgIpc) is 2.39. The summed E-state index contributed by atoms with van der Waals surface area (Å²) in [4.78, 5) is 15.3. The first kappa shape index (κ1) is 11.7. The molecule has 0 radical (unpaired) electrons. The number of pyridine rings is 1. The highest BCUT2D eigenvalue weighted by molar-refractivity contribution is 6.34. The molecule has 18 heavy (non-hydrogen) atoms. The fourth-order valence-electron chi connectivity index (χ4n) is 2.39. The third kappa shape index (κ3) is 2.12. The number of fused-ring (bicyclic) bond motifs is 1. The van der Waals surface area contributed by atoms with Crippen LogP contribution in [-0.2, 0) is 0 Å². The maximum atomic E-state index is 6.18. The average molecular weight is 263 g/mol. The van der Waals surface area contributed by atoms with E-state index >= 15 is 0 Å². The van der Waals surface area contributed by atoms with Crippen molar-refractivity contribution in [2.45, 2.75) is 26.2 Å². The van der Waals surface area contributed by atoms with Crippen LogP contribution in [0.5, 0.6) is 0 Å². The molecule has 0 unspecified atom stereocenters. The number of hydrogen-bond donors (Lipinski definition) is 0. The summed E-state index contributed by atoms with van der Waals surface area (Å²) in [6, 6.07) is 2.00. The lowest BCUT2D eigenvalue weighted by molar-refractivity contribution is 0.574. The maximum Gasteiger partial charge on any atom is 0.140 e. The van der Waals surface area contributed by atoms with Crippen molar-refractivity contribution >= 4 is 28.3 Å². The van der Waals surface area contributed by atoms with Crippen LogP contribution in [0.15, 0.2) is 12.3 Å². The van der Waals surface area contributed by atoms with Crippen molar-refractivity contribution in [3.8, 4) is 0 Å². The van der Waals surface area contributed by atoms with Gasteiger partial charge in [0.25, 0.3) is 0 Å². The summed E-state index contributed by atoms with van der Waals surface area (Å²) in [7, 11) is 0. The van der Waals surface area contributed by atoms with E-state index in [4.69, 9.17) is 11.6 Å². The molecule has 1 saturated heterocycles. The predicted molar refractivity (Wildman–Crippen MR) is 73.1 cm³/mol. The Morgan fingerprint density at radius 1 is 1.17 bits per heavy atom. The van der Waals surface area contributed by atoms with E-state index in [2.05, 4.69) is 19.9 Å². The zero-order valence-electron chi connectivity index (χ0n) is 10.4. The number of nitrogens with zero attached hydrogens (tertiary/aromatic N) is 4. The van der Waals surface area contributed by atoms with Gasteiger partial charge in [0.15, 0.2) is 0 Å². The second-order valence-corrected chi connectivity index (χ2v) is 5.03. The lowest BCUT2D eigenvalue weighted by atomic mass is 10.1. The van der Waals surface area contributed by atoms with Gasteiger partial charge in [-0.05, 0) is 32.3 Å². The second-order valence-electron chi connectivity index (χ2n) is 4.67. The van der Waals surface area contributed by atoms with Crippen LogP contribution in [0, 0.1) is 6.92 Å². The van der Waals surface area contributed by atoms with Crippen LogP contribution in [0.25, 0.3) is 10.9 Å². The normalized spacial score (nSPS) is 16.2. The molecule has 3 heterocycles. The minimum atomic E-state index is 0.512. The van der Waals surface area contributed by atoms with Gasteiger partial charge >= 0.3 is 0 Å². The summed E-state index contributed by atoms with van der Waals surface area (Å²) in [5.41, 5.74) is 0.813. The van der Waals surface area contributed by atoms with Gasteiger partial charge in [-0.2, -0.15) is 0 Å². The summed E-state index contributed by atoms with van der Waals surface area (Å²) >= 11 is 6.18. The lowest BCUT2D eigenvalue weighted by Crippen LogP contribution is -2.30. The Morgan fingerprint density at radius 3 is 2.72 bits per heavy atom. The molecule has 0 amide bonds. The van der Waals surface area contributed by atoms with Gasteiger partial charge in [-0.15, -0.1) is 0 Å². The SMILES string of the molecule is Cc1nc(Cl)c2cc(N3CCCCC3)ncc2n1. The van der Waals surface area contributed by atoms with E-state index in [1.54, 1.807) is 6.20 Å². The number of anilines is 1. The van der Waals surface area contributed by atoms with Gasteiger partial charge in [-0.3, -0.25) is 0 Å². The molecule has 94 valence electrons. The van der Waals surface area contributed by atoms with E-state index in [0.717, 1.165) is 29.8 Å². The van der Waals surface area contributed by atoms with Crippen molar-refractivity contribution in [3.05, 3.63) is 23.2 Å². The van der Waals surface area contributed by atoms with Gasteiger partial charge in [0, 0.05) is 18.5 Å². The van der Waals surface area contributed by atoms with Crippen molar-refractivity contribution in [1.29, 1.82) is 0 Å². The van der Waals surface area contributed by atoms with Crippen LogP contribution in [0.2, 0.25) is 5.15 Å². The fourth-order valence-corrected chi connectivity index (χ4v) is 2.66. The molecular formula is C13H15ClN4. The highest BCUT2D eigenvalue weighted by Crippen LogP contribution is 2.25. The zero-order chi connectivity index (χ0) is 12.5. The van der Waals surface area contributed by atoms with Crippen molar-refractivity contribution in [2.24, 2.45) is 0 Å². The molecule has 1 fully saturated rings. The molecular weight excluding hydrogens is 248 g/mol. The highest BCUT2D eigenvalue weighted by atomic mass is 35.5. The third-order valence-electron chi connectivity index (χ3n) is 3.31. The van der Waals surface area contributed by atoms with Crippen molar-refractivity contribution in [2.75, 3.05) is 18.0 Å². The molecule has 0 saturated carbocycles. The Labute approximate surface area is 111 Å². The largest absolute Gasteiger partial charge is 0.357 e. The molecule has 0 atom stereocenters. The Morgan fingerprint density at radius 2 is 1.94 bits per heavy atom. The van der Waals surface area contributed by atoms with E-state index in [-0.39, 0.29) is 0 Å². The molecule has 0 spiro atoms. The molecule has 2 aromatic rings. The Hall–Kier alpha value is -1.42. The topological polar surface area (TPSA) is 41.9 Å². The molecule has 1 aliphatic rings. The molecule has 3 rings (SSSR count). The van der Waals surface area contributed by atoms with Crippen LogP contribution in [0.3, 0.4) is 0 Å².